The summed E-state index contributed by atoms with van der Waals surface area (Å²) in [6, 6.07) is 11.4. The van der Waals surface area contributed by atoms with Gasteiger partial charge in [-0.2, -0.15) is 5.10 Å². The van der Waals surface area contributed by atoms with Gasteiger partial charge in [-0.25, -0.2) is 0 Å². The number of benzene rings is 1. The second-order valence-corrected chi connectivity index (χ2v) is 7.95. The Labute approximate surface area is 187 Å². The van der Waals surface area contributed by atoms with Gasteiger partial charge in [0.25, 0.3) is 5.91 Å². The van der Waals surface area contributed by atoms with Gasteiger partial charge in [0.1, 0.15) is 5.75 Å². The van der Waals surface area contributed by atoms with Crippen molar-refractivity contribution in [3.05, 3.63) is 65.6 Å². The summed E-state index contributed by atoms with van der Waals surface area (Å²) in [5, 5.41) is 10.1. The van der Waals surface area contributed by atoms with E-state index >= 15 is 0 Å². The highest BCUT2D eigenvalue weighted by molar-refractivity contribution is 5.93. The van der Waals surface area contributed by atoms with Gasteiger partial charge in [0, 0.05) is 49.1 Å². The van der Waals surface area contributed by atoms with Crippen molar-refractivity contribution in [3.63, 3.8) is 0 Å². The second kappa shape index (κ2) is 9.64. The lowest BCUT2D eigenvalue weighted by Crippen LogP contribution is -2.43. The number of carbonyl (C=O) groups is 2. The van der Waals surface area contributed by atoms with Crippen molar-refractivity contribution in [2.24, 2.45) is 5.92 Å². The number of nitrogens with one attached hydrogen (secondary N) is 2. The number of hydrogen-bond acceptors (Lipinski definition) is 5. The Morgan fingerprint density at radius 2 is 1.94 bits per heavy atom. The van der Waals surface area contributed by atoms with E-state index in [-0.39, 0.29) is 17.7 Å². The number of hydrogen-bond donors (Lipinski definition) is 2. The number of aryl methyl sites for hydroxylation is 1. The van der Waals surface area contributed by atoms with Crippen LogP contribution in [0.4, 0.5) is 0 Å². The van der Waals surface area contributed by atoms with Gasteiger partial charge in [-0.05, 0) is 43.5 Å². The standard InChI is InChI=1S/C24H27N5O3/c1-16-4-3-5-19(22(16)32-2)15-26-23(30)18-8-12-29(13-9-18)24(31)21-14-20(27-28-21)17-6-10-25-11-7-17/h3-7,10-11,14,18H,8-9,12-13,15H2,1-2H3,(H,26,30)(H,27,28). The van der Waals surface area contributed by atoms with E-state index in [2.05, 4.69) is 20.5 Å². The van der Waals surface area contributed by atoms with Gasteiger partial charge < -0.3 is 15.0 Å². The molecule has 1 aliphatic rings. The van der Waals surface area contributed by atoms with Crippen molar-refractivity contribution in [2.75, 3.05) is 20.2 Å². The van der Waals surface area contributed by atoms with Crippen LogP contribution in [0.5, 0.6) is 5.75 Å². The van der Waals surface area contributed by atoms with Gasteiger partial charge in [0.05, 0.1) is 12.8 Å². The van der Waals surface area contributed by atoms with Crippen molar-refractivity contribution in [1.82, 2.24) is 25.4 Å². The first-order valence-corrected chi connectivity index (χ1v) is 10.7. The van der Waals surface area contributed by atoms with E-state index in [1.165, 1.54) is 0 Å². The number of ether oxygens (including phenoxy) is 1. The third-order valence-corrected chi connectivity index (χ3v) is 5.89. The molecule has 166 valence electrons. The summed E-state index contributed by atoms with van der Waals surface area (Å²) in [6.07, 6.45) is 4.65. The minimum atomic E-state index is -0.120. The zero-order valence-corrected chi connectivity index (χ0v) is 18.3. The number of methoxy groups -OCH3 is 1. The van der Waals surface area contributed by atoms with Crippen molar-refractivity contribution in [2.45, 2.75) is 26.3 Å². The molecule has 1 fully saturated rings. The highest BCUT2D eigenvalue weighted by atomic mass is 16.5. The molecule has 8 nitrogen and oxygen atoms in total. The summed E-state index contributed by atoms with van der Waals surface area (Å²) in [4.78, 5) is 31.3. The monoisotopic (exact) mass is 433 g/mol. The Bertz CT molecular complexity index is 1090. The first kappa shape index (κ1) is 21.5. The fraction of sp³-hybridized carbons (Fsp3) is 0.333. The molecule has 0 saturated carbocycles. The molecule has 4 rings (SSSR count). The smallest absolute Gasteiger partial charge is 0.274 e. The topological polar surface area (TPSA) is 100 Å². The number of aromatic amines is 1. The van der Waals surface area contributed by atoms with E-state index in [4.69, 9.17) is 4.74 Å². The number of amides is 2. The van der Waals surface area contributed by atoms with Crippen LogP contribution >= 0.6 is 0 Å². The molecule has 0 radical (unpaired) electrons. The van der Waals surface area contributed by atoms with Crippen LogP contribution in [0.1, 0.15) is 34.5 Å². The minimum absolute atomic E-state index is 0.0143. The number of pyridine rings is 1. The average Bonchev–Trinajstić information content (AvgIpc) is 3.33. The summed E-state index contributed by atoms with van der Waals surface area (Å²) < 4.78 is 5.46. The zero-order chi connectivity index (χ0) is 22.5. The molecule has 3 aromatic rings. The SMILES string of the molecule is COc1c(C)cccc1CNC(=O)C1CCN(C(=O)c2cc(-c3ccncc3)[nH]n2)CC1. The number of rotatable bonds is 6. The molecule has 0 bridgehead atoms. The molecule has 2 aromatic heterocycles. The fourth-order valence-corrected chi connectivity index (χ4v) is 4.09. The normalized spacial score (nSPS) is 14.2. The molecule has 8 heteroatoms. The van der Waals surface area contributed by atoms with Gasteiger partial charge in [-0.1, -0.05) is 18.2 Å². The summed E-state index contributed by atoms with van der Waals surface area (Å²) in [6.45, 7) is 3.47. The van der Waals surface area contributed by atoms with E-state index < -0.39 is 0 Å². The highest BCUT2D eigenvalue weighted by Gasteiger charge is 2.29. The number of nitrogens with zero attached hydrogens (tertiary/aromatic N) is 3. The Hall–Kier alpha value is -3.68. The molecule has 0 aliphatic carbocycles. The van der Waals surface area contributed by atoms with Crippen molar-refractivity contribution in [1.29, 1.82) is 0 Å². The van der Waals surface area contributed by atoms with Gasteiger partial charge >= 0.3 is 0 Å². The second-order valence-electron chi connectivity index (χ2n) is 7.95. The Morgan fingerprint density at radius 1 is 1.19 bits per heavy atom. The van der Waals surface area contributed by atoms with Gasteiger partial charge in [-0.3, -0.25) is 19.7 Å². The average molecular weight is 434 g/mol. The van der Waals surface area contributed by atoms with E-state index in [9.17, 15) is 9.59 Å². The van der Waals surface area contributed by atoms with Crippen molar-refractivity contribution < 1.29 is 14.3 Å². The molecule has 0 atom stereocenters. The fourth-order valence-electron chi connectivity index (χ4n) is 4.09. The number of piperidine rings is 1. The lowest BCUT2D eigenvalue weighted by molar-refractivity contribution is -0.126. The Kier molecular flexibility index (Phi) is 6.49. The molecule has 1 aliphatic heterocycles. The number of carbonyl (C=O) groups excluding carboxylic acids is 2. The van der Waals surface area contributed by atoms with Crippen LogP contribution < -0.4 is 10.1 Å². The van der Waals surface area contributed by atoms with Gasteiger partial charge in [0.15, 0.2) is 5.69 Å². The van der Waals surface area contributed by atoms with E-state index in [0.29, 0.717) is 38.2 Å². The minimum Gasteiger partial charge on any atom is -0.496 e. The summed E-state index contributed by atoms with van der Waals surface area (Å²) in [5.74, 6) is 0.588. The van der Waals surface area contributed by atoms with Crippen LogP contribution in [-0.2, 0) is 11.3 Å². The van der Waals surface area contributed by atoms with Crippen LogP contribution in [0, 0.1) is 12.8 Å². The number of para-hydroxylation sites is 1. The van der Waals surface area contributed by atoms with Crippen LogP contribution in [0.2, 0.25) is 0 Å². The predicted molar refractivity (Wildman–Crippen MR) is 120 cm³/mol. The maximum absolute atomic E-state index is 12.9. The molecule has 2 amide bonds. The van der Waals surface area contributed by atoms with Crippen molar-refractivity contribution in [3.8, 4) is 17.0 Å². The molecule has 3 heterocycles. The van der Waals surface area contributed by atoms with E-state index in [1.807, 2.05) is 37.3 Å². The largest absolute Gasteiger partial charge is 0.496 e. The van der Waals surface area contributed by atoms with E-state index in [1.54, 1.807) is 30.5 Å². The third-order valence-electron chi connectivity index (χ3n) is 5.89. The number of H-pyrrole nitrogens is 1. The van der Waals surface area contributed by atoms with Crippen LogP contribution in [0.25, 0.3) is 11.3 Å². The first-order valence-electron chi connectivity index (χ1n) is 10.7. The van der Waals surface area contributed by atoms with E-state index in [0.717, 1.165) is 28.1 Å². The molecule has 1 saturated heterocycles. The maximum atomic E-state index is 12.9. The lowest BCUT2D eigenvalue weighted by atomic mass is 9.95. The van der Waals surface area contributed by atoms with Gasteiger partial charge in [0.2, 0.25) is 5.91 Å². The maximum Gasteiger partial charge on any atom is 0.274 e. The predicted octanol–water partition coefficient (Wildman–Crippen LogP) is 2.96. The number of likely N-dealkylation sites (tertiary alicyclic amines) is 1. The molecule has 2 N–H and O–H groups in total. The van der Waals surface area contributed by atoms with Crippen LogP contribution in [0.15, 0.2) is 48.8 Å². The first-order chi connectivity index (χ1) is 15.6. The Balaban J connectivity index is 1.30. The highest BCUT2D eigenvalue weighted by Crippen LogP contribution is 2.24. The molecule has 0 spiro atoms. The molecule has 32 heavy (non-hydrogen) atoms. The molecule has 1 aromatic carbocycles. The molecular weight excluding hydrogens is 406 g/mol. The van der Waals surface area contributed by atoms with Gasteiger partial charge in [-0.15, -0.1) is 0 Å². The third kappa shape index (κ3) is 4.64. The van der Waals surface area contributed by atoms with Crippen LogP contribution in [0.3, 0.4) is 0 Å². The quantitative estimate of drug-likeness (QED) is 0.623. The van der Waals surface area contributed by atoms with Crippen molar-refractivity contribution >= 4 is 11.8 Å². The molecular formula is C24H27N5O3. The zero-order valence-electron chi connectivity index (χ0n) is 18.3. The summed E-state index contributed by atoms with van der Waals surface area (Å²) in [5.41, 5.74) is 4.07. The summed E-state index contributed by atoms with van der Waals surface area (Å²) >= 11 is 0. The summed E-state index contributed by atoms with van der Waals surface area (Å²) in [7, 11) is 1.64. The number of aromatic nitrogens is 3. The lowest BCUT2D eigenvalue weighted by Gasteiger charge is -2.31. The Morgan fingerprint density at radius 3 is 2.66 bits per heavy atom. The van der Waals surface area contributed by atoms with Crippen LogP contribution in [-0.4, -0.2) is 52.1 Å². The molecule has 0 unspecified atom stereocenters.